The maximum absolute atomic E-state index is 12.4. The van der Waals surface area contributed by atoms with Gasteiger partial charge in [0.25, 0.3) is 0 Å². The minimum atomic E-state index is -0.00481. The van der Waals surface area contributed by atoms with E-state index in [4.69, 9.17) is 0 Å². The van der Waals surface area contributed by atoms with Gasteiger partial charge in [0.05, 0.1) is 12.1 Å². The van der Waals surface area contributed by atoms with Crippen LogP contribution in [-0.4, -0.2) is 23.8 Å². The molecule has 2 aromatic rings. The molecule has 18 heavy (non-hydrogen) atoms. The molecule has 2 heteroatoms. The molecule has 3 atom stereocenters. The van der Waals surface area contributed by atoms with Crippen LogP contribution in [0.1, 0.15) is 22.0 Å². The first-order chi connectivity index (χ1) is 8.79. The van der Waals surface area contributed by atoms with Gasteiger partial charge in [-0.15, -0.1) is 0 Å². The summed E-state index contributed by atoms with van der Waals surface area (Å²) in [6, 6.07) is 20.0. The molecule has 0 aromatic heterocycles. The van der Waals surface area contributed by atoms with Crippen molar-refractivity contribution in [1.82, 2.24) is 4.90 Å². The van der Waals surface area contributed by atoms with Gasteiger partial charge in [-0.2, -0.15) is 0 Å². The van der Waals surface area contributed by atoms with E-state index in [0.29, 0.717) is 0 Å². The summed E-state index contributed by atoms with van der Waals surface area (Å²) in [6.07, 6.45) is 0. The molecule has 3 unspecified atom stereocenters. The van der Waals surface area contributed by atoms with E-state index in [-0.39, 0.29) is 17.9 Å². The summed E-state index contributed by atoms with van der Waals surface area (Å²) in [5.74, 6) is 0.215. The smallest absolute Gasteiger partial charge is 0.181 e. The number of benzene rings is 2. The average Bonchev–Trinajstić information content (AvgIpc) is 3.11. The summed E-state index contributed by atoms with van der Waals surface area (Å²) in [4.78, 5) is 14.5. The first-order valence-corrected chi connectivity index (χ1v) is 6.15. The molecule has 90 valence electrons. The molecule has 3 rings (SSSR count). The molecule has 0 amide bonds. The minimum Gasteiger partial charge on any atom is -0.292 e. The van der Waals surface area contributed by atoms with Crippen LogP contribution >= 0.6 is 0 Å². The molecule has 1 fully saturated rings. The number of carbonyl (C=O) groups is 1. The van der Waals surface area contributed by atoms with E-state index in [0.717, 1.165) is 5.56 Å². The molecule has 0 radical (unpaired) electrons. The van der Waals surface area contributed by atoms with Crippen LogP contribution in [0.4, 0.5) is 0 Å². The number of hydrogen-bond donors (Lipinski definition) is 0. The number of Topliss-reactive ketones (excluding diaryl/α,β-unsaturated/α-hetero) is 1. The molecule has 0 bridgehead atoms. The van der Waals surface area contributed by atoms with Crippen LogP contribution in [0.15, 0.2) is 60.7 Å². The van der Waals surface area contributed by atoms with E-state index >= 15 is 0 Å². The lowest BCUT2D eigenvalue weighted by atomic mass is 10.0. The van der Waals surface area contributed by atoms with Crippen LogP contribution in [0.2, 0.25) is 0 Å². The highest BCUT2D eigenvalue weighted by Gasteiger charge is 2.50. The van der Waals surface area contributed by atoms with Crippen LogP contribution in [0.25, 0.3) is 0 Å². The van der Waals surface area contributed by atoms with Gasteiger partial charge in [-0.05, 0) is 12.6 Å². The Morgan fingerprint density at radius 3 is 2.11 bits per heavy atom. The van der Waals surface area contributed by atoms with E-state index < -0.39 is 0 Å². The van der Waals surface area contributed by atoms with Gasteiger partial charge in [-0.3, -0.25) is 9.69 Å². The van der Waals surface area contributed by atoms with Crippen LogP contribution in [-0.2, 0) is 0 Å². The quantitative estimate of drug-likeness (QED) is 0.604. The Morgan fingerprint density at radius 1 is 0.944 bits per heavy atom. The van der Waals surface area contributed by atoms with Crippen molar-refractivity contribution in [3.63, 3.8) is 0 Å². The van der Waals surface area contributed by atoms with Crippen molar-refractivity contribution in [1.29, 1.82) is 0 Å². The van der Waals surface area contributed by atoms with Crippen LogP contribution < -0.4 is 0 Å². The first kappa shape index (κ1) is 11.2. The zero-order valence-electron chi connectivity index (χ0n) is 10.3. The Labute approximate surface area is 107 Å². The fourth-order valence-corrected chi connectivity index (χ4v) is 2.51. The predicted molar refractivity (Wildman–Crippen MR) is 71.5 cm³/mol. The summed E-state index contributed by atoms with van der Waals surface area (Å²) in [5, 5.41) is 0. The molecule has 1 aliphatic rings. The van der Waals surface area contributed by atoms with E-state index in [2.05, 4.69) is 17.0 Å². The number of rotatable bonds is 3. The van der Waals surface area contributed by atoms with Gasteiger partial charge in [0.15, 0.2) is 5.78 Å². The number of likely N-dealkylation sites (N-methyl/N-ethyl adjacent to an activating group) is 1. The topological polar surface area (TPSA) is 20.1 Å². The van der Waals surface area contributed by atoms with E-state index in [1.54, 1.807) is 0 Å². The molecule has 1 aliphatic heterocycles. The van der Waals surface area contributed by atoms with Crippen molar-refractivity contribution < 1.29 is 4.79 Å². The third-order valence-electron chi connectivity index (χ3n) is 3.55. The molecule has 1 heterocycles. The summed E-state index contributed by atoms with van der Waals surface area (Å²) >= 11 is 0. The van der Waals surface area contributed by atoms with Crippen molar-refractivity contribution in [3.8, 4) is 0 Å². The molecular weight excluding hydrogens is 222 g/mol. The van der Waals surface area contributed by atoms with Gasteiger partial charge in [0.2, 0.25) is 0 Å². The monoisotopic (exact) mass is 237 g/mol. The third-order valence-corrected chi connectivity index (χ3v) is 3.55. The van der Waals surface area contributed by atoms with Crippen molar-refractivity contribution in [2.75, 3.05) is 7.05 Å². The zero-order valence-corrected chi connectivity index (χ0v) is 10.3. The van der Waals surface area contributed by atoms with Gasteiger partial charge in [0.1, 0.15) is 0 Å². The second-order valence-electron chi connectivity index (χ2n) is 4.70. The molecular formula is C16H15NO. The normalized spacial score (nSPS) is 25.7. The second-order valence-corrected chi connectivity index (χ2v) is 4.70. The molecule has 2 aromatic carbocycles. The summed E-state index contributed by atoms with van der Waals surface area (Å²) in [7, 11) is 2.00. The highest BCUT2D eigenvalue weighted by molar-refractivity contribution is 6.02. The fraction of sp³-hybridized carbons (Fsp3) is 0.188. The Bertz CT molecular complexity index is 550. The Kier molecular flexibility index (Phi) is 2.73. The highest BCUT2D eigenvalue weighted by Crippen LogP contribution is 2.42. The molecule has 0 N–H and O–H groups in total. The Hall–Kier alpha value is -1.93. The lowest BCUT2D eigenvalue weighted by Crippen LogP contribution is -2.11. The minimum absolute atomic E-state index is 0.00481. The molecule has 0 saturated carbocycles. The number of ketones is 1. The van der Waals surface area contributed by atoms with Crippen molar-refractivity contribution >= 4 is 5.78 Å². The van der Waals surface area contributed by atoms with Gasteiger partial charge in [-0.25, -0.2) is 0 Å². The largest absolute Gasteiger partial charge is 0.292 e. The summed E-state index contributed by atoms with van der Waals surface area (Å²) in [5.41, 5.74) is 2.02. The maximum Gasteiger partial charge on any atom is 0.181 e. The highest BCUT2D eigenvalue weighted by atomic mass is 16.1. The number of carbonyl (C=O) groups excluding carboxylic acids is 1. The van der Waals surface area contributed by atoms with Crippen LogP contribution in [0.5, 0.6) is 0 Å². The SMILES string of the molecule is CN1C(C(=O)c2ccccc2)C1c1ccccc1. The Balaban J connectivity index is 1.82. The van der Waals surface area contributed by atoms with E-state index in [1.165, 1.54) is 5.56 Å². The van der Waals surface area contributed by atoms with E-state index in [9.17, 15) is 4.79 Å². The molecule has 0 spiro atoms. The van der Waals surface area contributed by atoms with Crippen LogP contribution in [0, 0.1) is 0 Å². The standard InChI is InChI=1S/C16H15NO/c1-17-14(12-8-4-2-5-9-12)15(17)16(18)13-10-6-3-7-11-13/h2-11,14-15H,1H3. The number of nitrogens with zero attached hydrogens (tertiary/aromatic N) is 1. The first-order valence-electron chi connectivity index (χ1n) is 6.15. The van der Waals surface area contributed by atoms with Gasteiger partial charge in [0, 0.05) is 5.56 Å². The third kappa shape index (κ3) is 1.85. The van der Waals surface area contributed by atoms with Gasteiger partial charge in [-0.1, -0.05) is 60.7 Å². The zero-order chi connectivity index (χ0) is 12.5. The number of hydrogen-bond acceptors (Lipinski definition) is 2. The van der Waals surface area contributed by atoms with Crippen molar-refractivity contribution in [2.24, 2.45) is 0 Å². The molecule has 2 nitrogen and oxygen atoms in total. The van der Waals surface area contributed by atoms with Gasteiger partial charge >= 0.3 is 0 Å². The Morgan fingerprint density at radius 2 is 1.50 bits per heavy atom. The second kappa shape index (κ2) is 4.39. The summed E-state index contributed by atoms with van der Waals surface area (Å²) < 4.78 is 0. The lowest BCUT2D eigenvalue weighted by molar-refractivity contribution is 0.0977. The van der Waals surface area contributed by atoms with Crippen LogP contribution in [0.3, 0.4) is 0 Å². The molecule has 1 saturated heterocycles. The average molecular weight is 237 g/mol. The fourth-order valence-electron chi connectivity index (χ4n) is 2.51. The van der Waals surface area contributed by atoms with Crippen molar-refractivity contribution in [3.05, 3.63) is 71.8 Å². The van der Waals surface area contributed by atoms with Gasteiger partial charge < -0.3 is 0 Å². The summed E-state index contributed by atoms with van der Waals surface area (Å²) in [6.45, 7) is 0. The van der Waals surface area contributed by atoms with E-state index in [1.807, 2.05) is 55.6 Å². The predicted octanol–water partition coefficient (Wildman–Crippen LogP) is 2.92. The maximum atomic E-state index is 12.4. The van der Waals surface area contributed by atoms with Crippen molar-refractivity contribution in [2.45, 2.75) is 12.1 Å². The molecule has 0 aliphatic carbocycles. The lowest BCUT2D eigenvalue weighted by Gasteiger charge is -1.98.